The molecule has 8 nitrogen and oxygen atoms in total. The molecule has 0 saturated heterocycles. The third kappa shape index (κ3) is 52.0. The summed E-state index contributed by atoms with van der Waals surface area (Å²) in [5.74, 6) is 9.35. The molecular weight excluding hydrogens is 1910 g/mol. The van der Waals surface area contributed by atoms with Gasteiger partial charge in [-0.1, -0.05) is 353 Å². The van der Waals surface area contributed by atoms with Gasteiger partial charge in [-0.25, -0.2) is 0 Å². The molecule has 10 rings (SSSR count). The van der Waals surface area contributed by atoms with Crippen LogP contribution in [0.1, 0.15) is 94.2 Å². The van der Waals surface area contributed by atoms with E-state index in [0.717, 1.165) is 11.1 Å². The summed E-state index contributed by atoms with van der Waals surface area (Å²) in [6, 6.07) is 110. The molecule has 0 heterocycles. The minimum atomic E-state index is -0.409. The maximum Gasteiger partial charge on any atom is 0.00405 e. The van der Waals surface area contributed by atoms with E-state index in [0.29, 0.717) is 0 Å². The van der Waals surface area contributed by atoms with Crippen molar-refractivity contribution in [2.75, 3.05) is 11.8 Å². The second-order valence-corrected chi connectivity index (χ2v) is 42.0. The molecule has 10 aromatic carbocycles. The van der Waals surface area contributed by atoms with E-state index in [9.17, 15) is 0 Å². The van der Waals surface area contributed by atoms with Gasteiger partial charge in [0.25, 0.3) is 0 Å². The van der Waals surface area contributed by atoms with Gasteiger partial charge in [-0.2, -0.15) is 11.1 Å². The summed E-state index contributed by atoms with van der Waals surface area (Å²) in [5, 5.41) is 12.7. The predicted molar refractivity (Wildman–Crippen MR) is 444 cm³/mol. The van der Waals surface area contributed by atoms with Crippen molar-refractivity contribution in [3.63, 3.8) is 0 Å². The van der Waals surface area contributed by atoms with Gasteiger partial charge in [0.1, 0.15) is 0 Å². The quantitative estimate of drug-likeness (QED) is 0.0390. The average Bonchev–Trinajstić information content (AvgIpc) is 0.707. The number of benzene rings is 10. The molecule has 0 amide bonds. The van der Waals surface area contributed by atoms with Gasteiger partial charge in [-0.15, -0.1) is 72.8 Å². The van der Waals surface area contributed by atoms with Gasteiger partial charge >= 0.3 is 146 Å². The maximum atomic E-state index is 7.50. The van der Waals surface area contributed by atoms with E-state index >= 15 is 0 Å². The van der Waals surface area contributed by atoms with E-state index in [1.54, 1.807) is 0 Å². The van der Waals surface area contributed by atoms with Crippen LogP contribution < -0.4 is 42.4 Å². The molecule has 0 aliphatic carbocycles. The summed E-state index contributed by atoms with van der Waals surface area (Å²) in [6.45, 7) is 63.4. The first-order valence-electron chi connectivity index (χ1n) is 32.2. The molecule has 0 atom stereocenters. The van der Waals surface area contributed by atoms with Crippen molar-refractivity contribution in [2.24, 2.45) is 0 Å². The Kier molecular flexibility index (Phi) is 86.5. The zero-order valence-electron chi connectivity index (χ0n) is 63.8. The fourth-order valence-corrected chi connectivity index (χ4v) is 29.0. The Labute approximate surface area is 749 Å². The predicted octanol–water partition coefficient (Wildman–Crippen LogP) is 21.6. The Morgan fingerprint density at radius 3 is 0.500 bits per heavy atom. The van der Waals surface area contributed by atoms with E-state index in [-0.39, 0.29) is 104 Å². The van der Waals surface area contributed by atoms with Crippen molar-refractivity contribution in [2.45, 2.75) is 104 Å². The standard InChI is InChI=1S/2C25H22P2.2C16H22P.8CO.2ClH.4Co.2Pd/c2*1-5-13-22(14-6-1)26(23-15-7-2-8-16-23)21-27(24-17-9-3-10-18-24)25-19-11-4-12-20-25;2*1-15(2,3)17(16(4,5)6)13-12-14-10-8-7-9-11-14;8*1-2;;;;;;;;/h2*1-20H,21H2;2*7-10H,1-6H3;;;;;;;;;2*1H;;;;;;/q;;2*-1;;;;;;;;;;;;;;;2*+2/p-2. The van der Waals surface area contributed by atoms with E-state index in [2.05, 4.69) is 470 Å². The molecule has 10 aromatic rings. The Balaban J connectivity index is -0.000000200. The van der Waals surface area contributed by atoms with Gasteiger partial charge in [0.15, 0.2) is 0 Å². The Hall–Kier alpha value is -3.89. The first kappa shape index (κ1) is 124. The van der Waals surface area contributed by atoms with Gasteiger partial charge in [0.2, 0.25) is 0 Å². The number of hydrogen-bond acceptors (Lipinski definition) is 0. The summed E-state index contributed by atoms with van der Waals surface area (Å²) < 4.78 is 60.0. The fraction of sp³-hybridized carbons (Fsp3) is 0.200. The molecule has 0 aliphatic rings. The van der Waals surface area contributed by atoms with Gasteiger partial charge < -0.3 is 0 Å². The van der Waals surface area contributed by atoms with Crippen molar-refractivity contribution in [1.29, 1.82) is 0 Å². The Bertz CT molecular complexity index is 3370. The molecule has 0 N–H and O–H groups in total. The topological polar surface area (TPSA) is 159 Å². The molecule has 0 aliphatic heterocycles. The summed E-state index contributed by atoms with van der Waals surface area (Å²) in [7, 11) is 6.65. The van der Waals surface area contributed by atoms with Crippen LogP contribution in [0.3, 0.4) is 0 Å². The van der Waals surface area contributed by atoms with Crippen LogP contribution in [0.2, 0.25) is 0 Å². The minimum Gasteiger partial charge on any atom is -0.0622 e. The van der Waals surface area contributed by atoms with E-state index < -0.39 is 31.7 Å². The minimum absolute atomic E-state index is 0. The van der Waals surface area contributed by atoms with E-state index in [1.807, 2.05) is 48.5 Å². The van der Waals surface area contributed by atoms with Crippen LogP contribution in [-0.2, 0) is 141 Å². The van der Waals surface area contributed by atoms with Gasteiger partial charge in [-0.3, -0.25) is 0 Å². The zero-order valence-corrected chi connectivity index (χ0v) is 77.9. The normalized spacial score (nSPS) is 9.71. The smallest absolute Gasteiger partial charge is 0.00405 e. The number of hydrogen-bond donors (Lipinski definition) is 0. The largest absolute Gasteiger partial charge is 0.0622 e. The van der Waals surface area contributed by atoms with Crippen LogP contribution in [0.15, 0.2) is 291 Å². The average molecular weight is 2000 g/mol. The summed E-state index contributed by atoms with van der Waals surface area (Å²) in [6.07, 6.45) is 6.56. The molecule has 0 unspecified atom stereocenters. The van der Waals surface area contributed by atoms with Crippen molar-refractivity contribution >= 4 is 109 Å². The first-order valence-corrected chi connectivity index (χ1v) is 45.0. The van der Waals surface area contributed by atoms with E-state index in [1.165, 1.54) is 54.2 Å². The van der Waals surface area contributed by atoms with Crippen molar-refractivity contribution in [3.05, 3.63) is 391 Å². The maximum absolute atomic E-state index is 7.50. The van der Waals surface area contributed by atoms with Gasteiger partial charge in [-0.05, 0) is 94.7 Å². The second-order valence-electron chi connectivity index (χ2n) is 25.1. The van der Waals surface area contributed by atoms with Crippen molar-refractivity contribution < 1.29 is 141 Å². The third-order valence-corrected chi connectivity index (χ3v) is 31.7. The molecule has 0 saturated carbocycles. The van der Waals surface area contributed by atoms with Gasteiger partial charge in [0.05, 0.1) is 0 Å². The first-order chi connectivity index (χ1) is 52.3. The summed E-state index contributed by atoms with van der Waals surface area (Å²) in [5.41, 5.74) is 1.99. The van der Waals surface area contributed by atoms with Crippen LogP contribution in [-0.4, -0.2) is 32.4 Å². The molecule has 0 aromatic heterocycles. The zero-order chi connectivity index (χ0) is 82.8. The second kappa shape index (κ2) is 78.3. The Morgan fingerprint density at radius 2 is 0.384 bits per heavy atom. The van der Waals surface area contributed by atoms with Crippen LogP contribution in [0, 0.1) is 89.1 Å². The monoisotopic (exact) mass is 2000 g/mol. The van der Waals surface area contributed by atoms with Gasteiger partial charge in [0, 0.05) is 78.9 Å². The molecule has 112 heavy (non-hydrogen) atoms. The third-order valence-electron chi connectivity index (χ3n) is 13.8. The molecule has 0 fully saturated rings. The molecule has 22 heteroatoms. The number of halogens is 2. The van der Waals surface area contributed by atoms with Crippen LogP contribution >= 0.6 is 66.6 Å². The fourth-order valence-electron chi connectivity index (χ4n) is 10.3. The van der Waals surface area contributed by atoms with Crippen molar-refractivity contribution in [1.82, 2.24) is 0 Å². The molecule has 0 spiro atoms. The summed E-state index contributed by atoms with van der Waals surface area (Å²) >= 11 is 4.44. The van der Waals surface area contributed by atoms with Crippen molar-refractivity contribution in [3.8, 4) is 0 Å². The van der Waals surface area contributed by atoms with Crippen LogP contribution in [0.4, 0.5) is 0 Å². The number of rotatable bonds is 16. The molecule has 8 radical (unpaired) electrons. The Morgan fingerprint density at radius 1 is 0.250 bits per heavy atom. The van der Waals surface area contributed by atoms with E-state index in [4.69, 9.17) is 37.2 Å². The molecule has 0 bridgehead atoms. The van der Waals surface area contributed by atoms with Crippen LogP contribution in [0.25, 0.3) is 0 Å². The molecule has 596 valence electrons. The van der Waals surface area contributed by atoms with Crippen LogP contribution in [0.5, 0.6) is 0 Å². The summed E-state index contributed by atoms with van der Waals surface area (Å²) in [4.78, 5) is 0. The SMILES string of the molecule is CC(C)(C)P([C]=[C]c1[c-]cccc1)C(C)(C)C.CC(C)(C)P([C]=[C]c1[c-]cccc1)C(C)(C)C.[C-]#[O+].[C-]#[O+].[C-]#[O+].[C-]#[O+].[C-]#[O+].[C-]#[O+].[C-]#[O+].[C-]#[O+].[Cl][Pd+].[Cl][Pd+].[Co].[Co].[Co].[Co].c1ccc(P(CP(c2ccccc2)c2ccccc2)c2ccccc2)cc1.c1ccc(P(CP(c2ccccc2)c2ccccc2)c2ccccc2)cc1. The molecular formula is C90H88Cl2Co4O8P6Pd2.